The summed E-state index contributed by atoms with van der Waals surface area (Å²) < 4.78 is 11.4. The number of aryl methyl sites for hydroxylation is 2. The predicted octanol–water partition coefficient (Wildman–Crippen LogP) is 6.16. The summed E-state index contributed by atoms with van der Waals surface area (Å²) in [5.74, 6) is 0.488. The second-order valence-corrected chi connectivity index (χ2v) is 8.51. The molecule has 0 unspecified atom stereocenters. The Hall–Kier alpha value is -4.20. The minimum atomic E-state index is -0.513. The van der Waals surface area contributed by atoms with Crippen LogP contribution in [0.4, 0.5) is 11.4 Å². The van der Waals surface area contributed by atoms with E-state index in [9.17, 15) is 14.9 Å². The molecule has 1 heterocycles. The second-order valence-electron chi connectivity index (χ2n) is 8.51. The molecule has 4 aromatic rings. The molecule has 8 nitrogen and oxygen atoms in total. The van der Waals surface area contributed by atoms with Crippen LogP contribution in [0.1, 0.15) is 36.5 Å². The van der Waals surface area contributed by atoms with Crippen LogP contribution in [0.2, 0.25) is 0 Å². The molecule has 1 N–H and O–H groups in total. The topological polar surface area (TPSA) is 108 Å². The van der Waals surface area contributed by atoms with Gasteiger partial charge in [-0.2, -0.15) is 0 Å². The van der Waals surface area contributed by atoms with Gasteiger partial charge in [-0.25, -0.2) is 4.98 Å². The van der Waals surface area contributed by atoms with Gasteiger partial charge in [0.05, 0.1) is 4.92 Å². The molecule has 34 heavy (non-hydrogen) atoms. The van der Waals surface area contributed by atoms with Gasteiger partial charge in [0.1, 0.15) is 5.52 Å². The summed E-state index contributed by atoms with van der Waals surface area (Å²) in [6.45, 7) is 7.35. The number of benzene rings is 3. The van der Waals surface area contributed by atoms with Crippen LogP contribution in [0.5, 0.6) is 5.75 Å². The molecule has 0 spiro atoms. The number of nitrogens with zero attached hydrogens (tertiary/aromatic N) is 2. The van der Waals surface area contributed by atoms with E-state index in [1.807, 2.05) is 24.3 Å². The monoisotopic (exact) mass is 459 g/mol. The van der Waals surface area contributed by atoms with Gasteiger partial charge in [-0.15, -0.1) is 0 Å². The molecule has 174 valence electrons. The summed E-state index contributed by atoms with van der Waals surface area (Å²) in [7, 11) is 0. The smallest absolute Gasteiger partial charge is 0.311 e. The molecular weight excluding hydrogens is 434 g/mol. The van der Waals surface area contributed by atoms with Crippen molar-refractivity contribution in [2.75, 3.05) is 11.9 Å². The Labute approximate surface area is 196 Å². The van der Waals surface area contributed by atoms with Crippen LogP contribution in [0.25, 0.3) is 22.6 Å². The molecule has 0 aliphatic carbocycles. The average Bonchev–Trinajstić information content (AvgIpc) is 3.21. The van der Waals surface area contributed by atoms with Gasteiger partial charge in [0.2, 0.25) is 11.6 Å². The summed E-state index contributed by atoms with van der Waals surface area (Å²) in [4.78, 5) is 27.9. The van der Waals surface area contributed by atoms with Crippen LogP contribution in [-0.4, -0.2) is 22.4 Å². The summed E-state index contributed by atoms with van der Waals surface area (Å²) in [5.41, 5.74) is 5.07. The number of carbonyl (C=O) groups is 1. The van der Waals surface area contributed by atoms with Crippen molar-refractivity contribution in [2.45, 2.75) is 33.6 Å². The zero-order valence-electron chi connectivity index (χ0n) is 19.4. The Morgan fingerprint density at radius 1 is 1.15 bits per heavy atom. The van der Waals surface area contributed by atoms with Gasteiger partial charge in [-0.05, 0) is 66.8 Å². The van der Waals surface area contributed by atoms with Crippen molar-refractivity contribution in [3.05, 3.63) is 81.4 Å². The first-order valence-electron chi connectivity index (χ1n) is 10.9. The summed E-state index contributed by atoms with van der Waals surface area (Å²) in [6.07, 6.45) is 0. The molecule has 1 aromatic heterocycles. The lowest BCUT2D eigenvalue weighted by Crippen LogP contribution is -2.20. The predicted molar refractivity (Wildman–Crippen MR) is 130 cm³/mol. The number of ether oxygens (including phenoxy) is 1. The maximum atomic E-state index is 12.5. The van der Waals surface area contributed by atoms with Crippen LogP contribution >= 0.6 is 0 Å². The van der Waals surface area contributed by atoms with Crippen molar-refractivity contribution < 1.29 is 18.9 Å². The van der Waals surface area contributed by atoms with Gasteiger partial charge in [-0.3, -0.25) is 14.9 Å². The number of nitro benzene ring substituents is 1. The van der Waals surface area contributed by atoms with Gasteiger partial charge < -0.3 is 14.5 Å². The van der Waals surface area contributed by atoms with Crippen molar-refractivity contribution in [2.24, 2.45) is 0 Å². The summed E-state index contributed by atoms with van der Waals surface area (Å²) >= 11 is 0. The Balaban J connectivity index is 1.49. The number of amides is 1. The van der Waals surface area contributed by atoms with Crippen molar-refractivity contribution in [3.63, 3.8) is 0 Å². The quantitative estimate of drug-likeness (QED) is 0.262. The number of aromatic nitrogens is 1. The SMILES string of the molecule is Cc1cc(C)c(OCC(=O)Nc2cccc(-c3nc4cc(C(C)C)ccc4o3)c2)c([N+](=O)[O-])c1. The minimum Gasteiger partial charge on any atom is -0.477 e. The first kappa shape index (κ1) is 23.0. The van der Waals surface area contributed by atoms with Gasteiger partial charge in [0, 0.05) is 17.3 Å². The number of nitro groups is 1. The third kappa shape index (κ3) is 4.91. The third-order valence-corrected chi connectivity index (χ3v) is 5.42. The highest BCUT2D eigenvalue weighted by Gasteiger charge is 2.20. The minimum absolute atomic E-state index is 0.0896. The molecule has 0 saturated carbocycles. The number of anilines is 1. The molecule has 0 fully saturated rings. The fourth-order valence-corrected chi connectivity index (χ4v) is 3.75. The molecule has 0 saturated heterocycles. The Bertz CT molecular complexity index is 1390. The normalized spacial score (nSPS) is 11.1. The number of hydrogen-bond acceptors (Lipinski definition) is 6. The van der Waals surface area contributed by atoms with Gasteiger partial charge in [0.25, 0.3) is 5.91 Å². The molecule has 3 aromatic carbocycles. The Morgan fingerprint density at radius 3 is 2.68 bits per heavy atom. The Kier molecular flexibility index (Phi) is 6.32. The van der Waals surface area contributed by atoms with Crippen LogP contribution in [0, 0.1) is 24.0 Å². The lowest BCUT2D eigenvalue weighted by atomic mass is 10.0. The van der Waals surface area contributed by atoms with Gasteiger partial charge in [-0.1, -0.05) is 32.0 Å². The summed E-state index contributed by atoms with van der Waals surface area (Å²) in [6, 6.07) is 16.3. The lowest BCUT2D eigenvalue weighted by molar-refractivity contribution is -0.385. The standard InChI is InChI=1S/C26H25N3O5/c1-15(2)18-8-9-23-21(13-18)28-26(34-23)19-6-5-7-20(12-19)27-24(30)14-33-25-17(4)10-16(3)11-22(25)29(31)32/h5-13,15H,14H2,1-4H3,(H,27,30). The molecule has 0 bridgehead atoms. The Morgan fingerprint density at radius 2 is 1.94 bits per heavy atom. The van der Waals surface area contributed by atoms with Crippen LogP contribution in [-0.2, 0) is 4.79 Å². The largest absolute Gasteiger partial charge is 0.477 e. The van der Waals surface area contributed by atoms with E-state index in [2.05, 4.69) is 24.1 Å². The fourth-order valence-electron chi connectivity index (χ4n) is 3.75. The second kappa shape index (κ2) is 9.35. The number of nitrogens with one attached hydrogen (secondary N) is 1. The molecule has 0 aliphatic heterocycles. The van der Waals surface area contributed by atoms with Crippen molar-refractivity contribution in [1.29, 1.82) is 0 Å². The van der Waals surface area contributed by atoms with Crippen molar-refractivity contribution in [3.8, 4) is 17.2 Å². The van der Waals surface area contributed by atoms with Crippen LogP contribution < -0.4 is 10.1 Å². The third-order valence-electron chi connectivity index (χ3n) is 5.42. The number of hydrogen-bond donors (Lipinski definition) is 1. The van der Waals surface area contributed by atoms with Crippen molar-refractivity contribution in [1.82, 2.24) is 4.98 Å². The number of fused-ring (bicyclic) bond motifs is 1. The van der Waals surface area contributed by atoms with E-state index < -0.39 is 10.8 Å². The molecule has 8 heteroatoms. The first-order valence-corrected chi connectivity index (χ1v) is 10.9. The maximum Gasteiger partial charge on any atom is 0.311 e. The molecular formula is C26H25N3O5. The number of carbonyl (C=O) groups excluding carboxylic acids is 1. The average molecular weight is 460 g/mol. The molecule has 0 atom stereocenters. The highest BCUT2D eigenvalue weighted by atomic mass is 16.6. The van der Waals surface area contributed by atoms with E-state index in [1.54, 1.807) is 38.1 Å². The first-order chi connectivity index (χ1) is 16.2. The zero-order valence-corrected chi connectivity index (χ0v) is 19.4. The fraction of sp³-hybridized carbons (Fsp3) is 0.231. The van der Waals surface area contributed by atoms with E-state index in [0.29, 0.717) is 34.2 Å². The van der Waals surface area contributed by atoms with E-state index in [1.165, 1.54) is 11.6 Å². The molecule has 0 aliphatic rings. The van der Waals surface area contributed by atoms with Crippen molar-refractivity contribution >= 4 is 28.4 Å². The van der Waals surface area contributed by atoms with E-state index in [0.717, 1.165) is 11.1 Å². The highest BCUT2D eigenvalue weighted by Crippen LogP contribution is 2.32. The van der Waals surface area contributed by atoms with Gasteiger partial charge in [0.15, 0.2) is 12.2 Å². The molecule has 1 amide bonds. The lowest BCUT2D eigenvalue weighted by Gasteiger charge is -2.11. The van der Waals surface area contributed by atoms with Gasteiger partial charge >= 0.3 is 5.69 Å². The summed E-state index contributed by atoms with van der Waals surface area (Å²) in [5, 5.41) is 14.1. The van der Waals surface area contributed by atoms with Crippen LogP contribution in [0.3, 0.4) is 0 Å². The maximum absolute atomic E-state index is 12.5. The molecule has 4 rings (SSSR count). The van der Waals surface area contributed by atoms with E-state index in [4.69, 9.17) is 9.15 Å². The van der Waals surface area contributed by atoms with Crippen LogP contribution in [0.15, 0.2) is 59.0 Å². The zero-order chi connectivity index (χ0) is 24.4. The number of rotatable bonds is 7. The van der Waals surface area contributed by atoms with E-state index in [-0.39, 0.29) is 18.0 Å². The number of oxazole rings is 1. The molecule has 0 radical (unpaired) electrons. The van der Waals surface area contributed by atoms with E-state index >= 15 is 0 Å². The highest BCUT2D eigenvalue weighted by molar-refractivity contribution is 5.92.